The van der Waals surface area contributed by atoms with Gasteiger partial charge in [-0.2, -0.15) is 0 Å². The minimum atomic E-state index is -1.51. The number of fused-ring (bicyclic) bond motifs is 3. The van der Waals surface area contributed by atoms with E-state index in [1.54, 1.807) is 0 Å². The van der Waals surface area contributed by atoms with Crippen molar-refractivity contribution in [3.05, 3.63) is 72.3 Å². The van der Waals surface area contributed by atoms with Gasteiger partial charge in [0.1, 0.15) is 12.7 Å². The number of benzene rings is 2. The zero-order valence-corrected chi connectivity index (χ0v) is 14.0. The van der Waals surface area contributed by atoms with E-state index in [0.717, 1.165) is 28.3 Å². The highest BCUT2D eigenvalue weighted by Crippen LogP contribution is 2.44. The Hall–Kier alpha value is -3.12. The Morgan fingerprint density at radius 2 is 1.65 bits per heavy atom. The molecule has 2 atom stereocenters. The molecule has 0 spiro atoms. The molecule has 0 bridgehead atoms. The number of ether oxygens (including phenoxy) is 1. The third-order valence-corrected chi connectivity index (χ3v) is 4.47. The molecule has 2 aromatic carbocycles. The number of amides is 1. The lowest BCUT2D eigenvalue weighted by molar-refractivity contribution is -0.141. The number of aliphatic hydroxyl groups is 1. The highest BCUT2D eigenvalue weighted by Gasteiger charge is 2.30. The van der Waals surface area contributed by atoms with Gasteiger partial charge in [0.05, 0.1) is 0 Å². The van der Waals surface area contributed by atoms with Crippen molar-refractivity contribution in [2.45, 2.75) is 18.1 Å². The van der Waals surface area contributed by atoms with Crippen molar-refractivity contribution < 1.29 is 24.5 Å². The van der Waals surface area contributed by atoms with Crippen LogP contribution in [0.15, 0.2) is 61.2 Å². The zero-order valence-electron chi connectivity index (χ0n) is 14.0. The summed E-state index contributed by atoms with van der Waals surface area (Å²) < 4.78 is 5.26. The lowest BCUT2D eigenvalue weighted by Crippen LogP contribution is -2.48. The van der Waals surface area contributed by atoms with E-state index in [1.807, 2.05) is 48.5 Å². The average Bonchev–Trinajstić information content (AvgIpc) is 2.97. The fraction of sp³-hybridized carbons (Fsp3) is 0.200. The molecular weight excluding hydrogens is 334 g/mol. The van der Waals surface area contributed by atoms with Crippen LogP contribution in [-0.4, -0.2) is 41.0 Å². The predicted octanol–water partition coefficient (Wildman–Crippen LogP) is 2.53. The van der Waals surface area contributed by atoms with Crippen LogP contribution < -0.4 is 5.32 Å². The van der Waals surface area contributed by atoms with Crippen LogP contribution in [0.25, 0.3) is 11.1 Å². The first-order valence-corrected chi connectivity index (χ1v) is 8.18. The molecule has 0 heterocycles. The lowest BCUT2D eigenvalue weighted by atomic mass is 9.98. The third kappa shape index (κ3) is 3.32. The van der Waals surface area contributed by atoms with E-state index >= 15 is 0 Å². The van der Waals surface area contributed by atoms with Crippen LogP contribution in [-0.2, 0) is 9.53 Å². The molecule has 2 unspecified atom stereocenters. The van der Waals surface area contributed by atoms with E-state index in [0.29, 0.717) is 0 Å². The lowest BCUT2D eigenvalue weighted by Gasteiger charge is -2.19. The van der Waals surface area contributed by atoms with Gasteiger partial charge in [0, 0.05) is 5.92 Å². The van der Waals surface area contributed by atoms with Gasteiger partial charge in [0.15, 0.2) is 6.04 Å². The summed E-state index contributed by atoms with van der Waals surface area (Å²) in [5, 5.41) is 20.9. The summed E-state index contributed by atoms with van der Waals surface area (Å²) in [5.74, 6) is -1.49. The molecule has 26 heavy (non-hydrogen) atoms. The van der Waals surface area contributed by atoms with E-state index in [2.05, 4.69) is 11.9 Å². The van der Waals surface area contributed by atoms with Crippen LogP contribution in [0.1, 0.15) is 17.0 Å². The summed E-state index contributed by atoms with van der Waals surface area (Å²) in [5.41, 5.74) is 4.31. The molecule has 134 valence electrons. The first-order chi connectivity index (χ1) is 12.5. The maximum atomic E-state index is 12.0. The molecular formula is C20H19NO5. The summed E-state index contributed by atoms with van der Waals surface area (Å²) in [7, 11) is 0. The van der Waals surface area contributed by atoms with Gasteiger partial charge in [-0.25, -0.2) is 9.59 Å². The molecule has 0 fully saturated rings. The van der Waals surface area contributed by atoms with E-state index < -0.39 is 24.2 Å². The molecule has 6 heteroatoms. The normalized spacial score (nSPS) is 14.7. The average molecular weight is 353 g/mol. The van der Waals surface area contributed by atoms with E-state index in [4.69, 9.17) is 9.84 Å². The van der Waals surface area contributed by atoms with E-state index in [-0.39, 0.29) is 12.5 Å². The maximum Gasteiger partial charge on any atom is 0.407 e. The first kappa shape index (κ1) is 17.7. The summed E-state index contributed by atoms with van der Waals surface area (Å²) in [6.45, 7) is 3.39. The van der Waals surface area contributed by atoms with E-state index in [1.165, 1.54) is 0 Å². The molecule has 0 saturated heterocycles. The quantitative estimate of drug-likeness (QED) is 0.694. The van der Waals surface area contributed by atoms with Crippen LogP contribution in [0, 0.1) is 0 Å². The van der Waals surface area contributed by atoms with Crippen LogP contribution in [0.4, 0.5) is 4.79 Å². The van der Waals surface area contributed by atoms with Crippen LogP contribution in [0.3, 0.4) is 0 Å². The minimum Gasteiger partial charge on any atom is -0.480 e. The van der Waals surface area contributed by atoms with Crippen molar-refractivity contribution >= 4 is 12.1 Å². The molecule has 3 N–H and O–H groups in total. The number of hydrogen-bond acceptors (Lipinski definition) is 4. The number of carbonyl (C=O) groups is 2. The Bertz CT molecular complexity index is 802. The fourth-order valence-corrected chi connectivity index (χ4v) is 3.20. The van der Waals surface area contributed by atoms with Crippen molar-refractivity contribution in [3.63, 3.8) is 0 Å². The maximum absolute atomic E-state index is 12.0. The number of aliphatic hydroxyl groups excluding tert-OH is 1. The highest BCUT2D eigenvalue weighted by atomic mass is 16.5. The number of carbonyl (C=O) groups excluding carboxylic acids is 1. The van der Waals surface area contributed by atoms with Gasteiger partial charge in [-0.05, 0) is 22.3 Å². The number of carboxylic acid groups (broad SMARTS) is 1. The molecule has 6 nitrogen and oxygen atoms in total. The van der Waals surface area contributed by atoms with Crippen molar-refractivity contribution in [1.29, 1.82) is 0 Å². The summed E-state index contributed by atoms with van der Waals surface area (Å²) in [6.07, 6.45) is -1.27. The molecule has 0 radical (unpaired) electrons. The molecule has 3 rings (SSSR count). The number of nitrogens with one attached hydrogen (secondary N) is 1. The van der Waals surface area contributed by atoms with Gasteiger partial charge in [-0.15, -0.1) is 6.58 Å². The van der Waals surface area contributed by atoms with E-state index in [9.17, 15) is 14.7 Å². The van der Waals surface area contributed by atoms with Crippen LogP contribution in [0.5, 0.6) is 0 Å². The smallest absolute Gasteiger partial charge is 0.407 e. The highest BCUT2D eigenvalue weighted by molar-refractivity contribution is 5.81. The van der Waals surface area contributed by atoms with Crippen molar-refractivity contribution in [3.8, 4) is 11.1 Å². The number of alkyl carbamates (subject to hydrolysis) is 1. The van der Waals surface area contributed by atoms with Gasteiger partial charge in [0.25, 0.3) is 0 Å². The van der Waals surface area contributed by atoms with Crippen LogP contribution in [0.2, 0.25) is 0 Å². The van der Waals surface area contributed by atoms with Gasteiger partial charge < -0.3 is 20.3 Å². The molecule has 1 amide bonds. The molecule has 0 aromatic heterocycles. The summed E-state index contributed by atoms with van der Waals surface area (Å²) in [4.78, 5) is 23.2. The first-order valence-electron chi connectivity index (χ1n) is 8.18. The van der Waals surface area contributed by atoms with Crippen LogP contribution >= 0.6 is 0 Å². The predicted molar refractivity (Wildman–Crippen MR) is 95.8 cm³/mol. The Labute approximate surface area is 150 Å². The largest absolute Gasteiger partial charge is 0.480 e. The van der Waals surface area contributed by atoms with Crippen molar-refractivity contribution in [1.82, 2.24) is 5.32 Å². The summed E-state index contributed by atoms with van der Waals surface area (Å²) >= 11 is 0. The molecule has 0 aliphatic heterocycles. The van der Waals surface area contributed by atoms with Crippen molar-refractivity contribution in [2.24, 2.45) is 0 Å². The fourth-order valence-electron chi connectivity index (χ4n) is 3.20. The zero-order chi connectivity index (χ0) is 18.7. The molecule has 2 aromatic rings. The second kappa shape index (κ2) is 7.41. The molecule has 1 aliphatic carbocycles. The second-order valence-electron chi connectivity index (χ2n) is 6.01. The third-order valence-electron chi connectivity index (χ3n) is 4.47. The SMILES string of the molecule is C=CC(O)C(NC(=O)OCC1c2ccccc2-c2ccccc21)C(=O)O. The Balaban J connectivity index is 1.73. The van der Waals surface area contributed by atoms with Gasteiger partial charge >= 0.3 is 12.1 Å². The van der Waals surface area contributed by atoms with Gasteiger partial charge in [-0.3, -0.25) is 0 Å². The minimum absolute atomic E-state index is 0.0659. The summed E-state index contributed by atoms with van der Waals surface area (Å²) in [6, 6.07) is 14.3. The Kier molecular flexibility index (Phi) is 5.04. The number of carboxylic acids is 1. The molecule has 1 aliphatic rings. The molecule has 0 saturated carbocycles. The topological polar surface area (TPSA) is 95.9 Å². The Morgan fingerprint density at radius 1 is 1.12 bits per heavy atom. The van der Waals surface area contributed by atoms with Gasteiger partial charge in [0.2, 0.25) is 0 Å². The van der Waals surface area contributed by atoms with Crippen molar-refractivity contribution in [2.75, 3.05) is 6.61 Å². The van der Waals surface area contributed by atoms with Gasteiger partial charge in [-0.1, -0.05) is 54.6 Å². The monoisotopic (exact) mass is 353 g/mol. The number of aliphatic carboxylic acids is 1. The number of hydrogen-bond donors (Lipinski definition) is 3. The Morgan fingerprint density at radius 3 is 2.15 bits per heavy atom. The number of rotatable bonds is 6. The second-order valence-corrected chi connectivity index (χ2v) is 6.01. The standard InChI is InChI=1S/C20H19NO5/c1-2-17(22)18(19(23)24)21-20(25)26-11-16-14-9-5-3-7-12(14)13-8-4-6-10-15(13)16/h2-10,16-18,22H,1,11H2,(H,21,25)(H,23,24).